The van der Waals surface area contributed by atoms with Gasteiger partial charge < -0.3 is 9.32 Å². The highest BCUT2D eigenvalue weighted by atomic mass is 16.3. The Labute approximate surface area is 94.3 Å². The van der Waals surface area contributed by atoms with Gasteiger partial charge in [0, 0.05) is 12.7 Å². The molecule has 0 aliphatic rings. The van der Waals surface area contributed by atoms with Crippen molar-refractivity contribution in [1.82, 2.24) is 0 Å². The molecule has 0 aliphatic heterocycles. The van der Waals surface area contributed by atoms with Crippen molar-refractivity contribution in [2.24, 2.45) is 0 Å². The van der Waals surface area contributed by atoms with Gasteiger partial charge in [-0.05, 0) is 24.3 Å². The summed E-state index contributed by atoms with van der Waals surface area (Å²) in [6.07, 6.45) is 1.51. The molecule has 0 spiro atoms. The lowest BCUT2D eigenvalue weighted by Gasteiger charge is -2.17. The summed E-state index contributed by atoms with van der Waals surface area (Å²) in [4.78, 5) is 13.6. The number of ketones is 1. The van der Waals surface area contributed by atoms with Crippen molar-refractivity contribution in [3.63, 3.8) is 0 Å². The first-order valence-corrected chi connectivity index (χ1v) is 5.10. The predicted molar refractivity (Wildman–Crippen MR) is 62.8 cm³/mol. The number of rotatable bonds is 4. The molecule has 0 aliphatic carbocycles. The van der Waals surface area contributed by atoms with Crippen molar-refractivity contribution < 1.29 is 9.21 Å². The van der Waals surface area contributed by atoms with E-state index in [-0.39, 0.29) is 5.78 Å². The lowest BCUT2D eigenvalue weighted by atomic mass is 10.2. The van der Waals surface area contributed by atoms with Gasteiger partial charge in [0.2, 0.25) is 5.78 Å². The van der Waals surface area contributed by atoms with Crippen molar-refractivity contribution in [2.45, 2.75) is 0 Å². The number of hydrogen-bond donors (Lipinski definition) is 0. The summed E-state index contributed by atoms with van der Waals surface area (Å²) in [5.74, 6) is 0.388. The average Bonchev–Trinajstić information content (AvgIpc) is 2.83. The Morgan fingerprint density at radius 2 is 1.94 bits per heavy atom. The number of anilines is 1. The second-order valence-electron chi connectivity index (χ2n) is 3.59. The molecule has 1 aromatic heterocycles. The third-order valence-corrected chi connectivity index (χ3v) is 2.37. The number of likely N-dealkylation sites (N-methyl/N-ethyl adjacent to an activating group) is 1. The number of para-hydroxylation sites is 1. The third-order valence-electron chi connectivity index (χ3n) is 2.37. The molecule has 0 atom stereocenters. The SMILES string of the molecule is CN(CC(=O)c1ccco1)c1ccccc1. The maximum atomic E-state index is 11.8. The molecule has 0 N–H and O–H groups in total. The number of carbonyl (C=O) groups is 1. The van der Waals surface area contributed by atoms with Crippen LogP contribution < -0.4 is 4.90 Å². The summed E-state index contributed by atoms with van der Waals surface area (Å²) < 4.78 is 5.06. The van der Waals surface area contributed by atoms with Crippen LogP contribution in [0.3, 0.4) is 0 Å². The predicted octanol–water partition coefficient (Wildman–Crippen LogP) is 2.60. The number of nitrogens with zero attached hydrogens (tertiary/aromatic N) is 1. The smallest absolute Gasteiger partial charge is 0.217 e. The van der Waals surface area contributed by atoms with Gasteiger partial charge in [-0.1, -0.05) is 18.2 Å². The number of carbonyl (C=O) groups excluding carboxylic acids is 1. The van der Waals surface area contributed by atoms with Crippen molar-refractivity contribution in [1.29, 1.82) is 0 Å². The zero-order valence-corrected chi connectivity index (χ0v) is 9.09. The van der Waals surface area contributed by atoms with E-state index < -0.39 is 0 Å². The summed E-state index contributed by atoms with van der Waals surface area (Å²) in [5, 5.41) is 0. The lowest BCUT2D eigenvalue weighted by molar-refractivity contribution is 0.0974. The summed E-state index contributed by atoms with van der Waals surface area (Å²) in [6, 6.07) is 13.2. The van der Waals surface area contributed by atoms with Crippen LogP contribution in [0.1, 0.15) is 10.6 Å². The average molecular weight is 215 g/mol. The van der Waals surface area contributed by atoms with E-state index in [2.05, 4.69) is 0 Å². The van der Waals surface area contributed by atoms with Gasteiger partial charge in [-0.3, -0.25) is 4.79 Å². The number of benzene rings is 1. The summed E-state index contributed by atoms with van der Waals surface area (Å²) >= 11 is 0. The Morgan fingerprint density at radius 3 is 2.56 bits per heavy atom. The minimum absolute atomic E-state index is 0.0173. The van der Waals surface area contributed by atoms with Crippen LogP contribution in [0.15, 0.2) is 53.1 Å². The monoisotopic (exact) mass is 215 g/mol. The molecule has 1 heterocycles. The molecule has 3 heteroatoms. The van der Waals surface area contributed by atoms with Crippen LogP contribution in [-0.2, 0) is 0 Å². The first-order chi connectivity index (χ1) is 7.77. The second-order valence-corrected chi connectivity index (χ2v) is 3.59. The lowest BCUT2D eigenvalue weighted by Crippen LogP contribution is -2.25. The maximum absolute atomic E-state index is 11.8. The Hall–Kier alpha value is -2.03. The minimum Gasteiger partial charge on any atom is -0.461 e. The molecule has 0 bridgehead atoms. The van der Waals surface area contributed by atoms with E-state index in [9.17, 15) is 4.79 Å². The minimum atomic E-state index is -0.0173. The van der Waals surface area contributed by atoms with Crippen LogP contribution in [0.2, 0.25) is 0 Å². The van der Waals surface area contributed by atoms with Crippen molar-refractivity contribution in [2.75, 3.05) is 18.5 Å². The molecule has 3 nitrogen and oxygen atoms in total. The van der Waals surface area contributed by atoms with Crippen LogP contribution >= 0.6 is 0 Å². The van der Waals surface area contributed by atoms with Gasteiger partial charge in [0.15, 0.2) is 5.76 Å². The first-order valence-electron chi connectivity index (χ1n) is 5.10. The Kier molecular flexibility index (Phi) is 3.05. The molecule has 1 aromatic carbocycles. The Balaban J connectivity index is 2.03. The summed E-state index contributed by atoms with van der Waals surface area (Å²) in [6.45, 7) is 0.317. The van der Waals surface area contributed by atoms with E-state index in [1.165, 1.54) is 6.26 Å². The highest BCUT2D eigenvalue weighted by Gasteiger charge is 2.11. The molecule has 16 heavy (non-hydrogen) atoms. The van der Waals surface area contributed by atoms with E-state index in [4.69, 9.17) is 4.42 Å². The molecule has 0 amide bonds. The quantitative estimate of drug-likeness (QED) is 0.735. The van der Waals surface area contributed by atoms with Crippen LogP contribution in [0.5, 0.6) is 0 Å². The van der Waals surface area contributed by atoms with Gasteiger partial charge in [-0.25, -0.2) is 0 Å². The second kappa shape index (κ2) is 4.66. The number of Topliss-reactive ketones (excluding diaryl/α,β-unsaturated/α-hetero) is 1. The van der Waals surface area contributed by atoms with E-state index in [0.717, 1.165) is 5.69 Å². The molecular formula is C13H13NO2. The summed E-state index contributed by atoms with van der Waals surface area (Å²) in [5.41, 5.74) is 1.02. The van der Waals surface area contributed by atoms with Gasteiger partial charge >= 0.3 is 0 Å². The van der Waals surface area contributed by atoms with Crippen LogP contribution in [0.25, 0.3) is 0 Å². The number of furan rings is 1. The van der Waals surface area contributed by atoms with Crippen LogP contribution in [-0.4, -0.2) is 19.4 Å². The van der Waals surface area contributed by atoms with Crippen LogP contribution in [0, 0.1) is 0 Å². The van der Waals surface area contributed by atoms with Gasteiger partial charge in [0.05, 0.1) is 12.8 Å². The van der Waals surface area contributed by atoms with Crippen LogP contribution in [0.4, 0.5) is 5.69 Å². The molecule has 0 radical (unpaired) electrons. The zero-order valence-electron chi connectivity index (χ0n) is 9.09. The fourth-order valence-corrected chi connectivity index (χ4v) is 1.50. The molecule has 2 aromatic rings. The van der Waals surface area contributed by atoms with Crippen molar-refractivity contribution >= 4 is 11.5 Å². The van der Waals surface area contributed by atoms with Gasteiger partial charge in [-0.2, -0.15) is 0 Å². The van der Waals surface area contributed by atoms with E-state index in [1.807, 2.05) is 42.3 Å². The molecular weight excluding hydrogens is 202 g/mol. The van der Waals surface area contributed by atoms with Gasteiger partial charge in [0.1, 0.15) is 0 Å². The Bertz CT molecular complexity index is 448. The van der Waals surface area contributed by atoms with E-state index >= 15 is 0 Å². The Morgan fingerprint density at radius 1 is 1.19 bits per heavy atom. The zero-order chi connectivity index (χ0) is 11.4. The largest absolute Gasteiger partial charge is 0.461 e. The van der Waals surface area contributed by atoms with E-state index in [1.54, 1.807) is 12.1 Å². The molecule has 82 valence electrons. The number of hydrogen-bond acceptors (Lipinski definition) is 3. The van der Waals surface area contributed by atoms with Crippen molar-refractivity contribution in [3.8, 4) is 0 Å². The molecule has 0 saturated heterocycles. The van der Waals surface area contributed by atoms with Crippen molar-refractivity contribution in [3.05, 3.63) is 54.5 Å². The van der Waals surface area contributed by atoms with E-state index in [0.29, 0.717) is 12.3 Å². The van der Waals surface area contributed by atoms with Gasteiger partial charge in [-0.15, -0.1) is 0 Å². The fraction of sp³-hybridized carbons (Fsp3) is 0.154. The molecule has 0 unspecified atom stereocenters. The third kappa shape index (κ3) is 2.31. The standard InChI is InChI=1S/C13H13NO2/c1-14(11-6-3-2-4-7-11)10-12(15)13-8-5-9-16-13/h2-9H,10H2,1H3. The normalized spacial score (nSPS) is 10.1. The first kappa shape index (κ1) is 10.5. The molecule has 0 fully saturated rings. The van der Waals surface area contributed by atoms with Gasteiger partial charge in [0.25, 0.3) is 0 Å². The highest BCUT2D eigenvalue weighted by molar-refractivity contribution is 5.96. The highest BCUT2D eigenvalue weighted by Crippen LogP contribution is 2.12. The summed E-state index contributed by atoms with van der Waals surface area (Å²) in [7, 11) is 1.89. The molecule has 0 saturated carbocycles. The topological polar surface area (TPSA) is 33.5 Å². The maximum Gasteiger partial charge on any atom is 0.217 e. The fourth-order valence-electron chi connectivity index (χ4n) is 1.50. The molecule has 2 rings (SSSR count).